The number of unbranched alkanes of at least 4 members (excludes halogenated alkanes) is 12. The van der Waals surface area contributed by atoms with Crippen LogP contribution in [0.25, 0.3) is 0 Å². The van der Waals surface area contributed by atoms with E-state index >= 15 is 0 Å². The van der Waals surface area contributed by atoms with E-state index in [9.17, 15) is 9.59 Å². The molecular weight excluding hydrogens is 717 g/mol. The molecule has 0 aliphatic heterocycles. The molecule has 0 saturated carbocycles. The largest absolute Gasteiger partial charge is 0.462 e. The second-order valence-corrected chi connectivity index (χ2v) is 14.9. The summed E-state index contributed by atoms with van der Waals surface area (Å²) in [6.45, 7) is 7.37. The first kappa shape index (κ1) is 54.6. The van der Waals surface area contributed by atoms with Crippen molar-refractivity contribution < 1.29 is 23.8 Å². The van der Waals surface area contributed by atoms with E-state index in [1.54, 1.807) is 0 Å². The van der Waals surface area contributed by atoms with Gasteiger partial charge in [0, 0.05) is 19.4 Å². The Morgan fingerprint density at radius 1 is 0.397 bits per heavy atom. The van der Waals surface area contributed by atoms with Crippen molar-refractivity contribution in [2.75, 3.05) is 19.8 Å². The quantitative estimate of drug-likeness (QED) is 0.0350. The van der Waals surface area contributed by atoms with Crippen LogP contribution in [0.1, 0.15) is 188 Å². The van der Waals surface area contributed by atoms with E-state index in [0.717, 1.165) is 122 Å². The molecule has 1 unspecified atom stereocenters. The fraction of sp³-hybridized carbons (Fsp3) is 0.623. The molecule has 0 fully saturated rings. The Hall–Kier alpha value is -3.44. The van der Waals surface area contributed by atoms with Gasteiger partial charge in [0.15, 0.2) is 6.10 Å². The van der Waals surface area contributed by atoms with Gasteiger partial charge in [-0.3, -0.25) is 9.59 Å². The van der Waals surface area contributed by atoms with Gasteiger partial charge in [-0.05, 0) is 109 Å². The summed E-state index contributed by atoms with van der Waals surface area (Å²) in [5.41, 5.74) is 0. The highest BCUT2D eigenvalue weighted by molar-refractivity contribution is 5.70. The molecule has 0 aliphatic rings. The highest BCUT2D eigenvalue weighted by atomic mass is 16.6. The Bertz CT molecular complexity index is 1180. The first-order chi connectivity index (χ1) is 28.6. The predicted octanol–water partition coefficient (Wildman–Crippen LogP) is 15.7. The second kappa shape index (κ2) is 47.9. The maximum absolute atomic E-state index is 12.7. The van der Waals surface area contributed by atoms with Crippen molar-refractivity contribution in [3.8, 4) is 0 Å². The third kappa shape index (κ3) is 45.3. The van der Waals surface area contributed by atoms with Gasteiger partial charge in [-0.25, -0.2) is 0 Å². The predicted molar refractivity (Wildman–Crippen MR) is 251 cm³/mol. The normalized spacial score (nSPS) is 13.2. The van der Waals surface area contributed by atoms with E-state index in [1.165, 1.54) is 32.1 Å². The Morgan fingerprint density at radius 3 is 1.26 bits per heavy atom. The van der Waals surface area contributed by atoms with Crippen molar-refractivity contribution in [1.29, 1.82) is 0 Å². The summed E-state index contributed by atoms with van der Waals surface area (Å²) < 4.78 is 17.2. The average molecular weight is 803 g/mol. The Balaban J connectivity index is 4.40. The standard InChI is InChI=1S/C53H86O5/c1-4-7-10-13-16-19-22-24-26-27-28-29-32-34-37-40-43-46-52(54)57-50-51(58-53(55)47-44-41-38-35-31-21-18-15-12-9-6-3)49-56-48-45-42-39-36-33-30-25-23-20-17-14-11-8-5-2/h7-8,10-11,15-20,24-26,28-30,36,39,51H,4-6,9,12-14,21-23,27,31-35,37-38,40-50H2,1-3H3/b10-7-,11-8-,18-15-,19-16-,20-17-,26-24-,29-28-,30-25-,39-36-. The van der Waals surface area contributed by atoms with Crippen LogP contribution in [0.2, 0.25) is 0 Å². The van der Waals surface area contributed by atoms with Gasteiger partial charge in [-0.1, -0.05) is 175 Å². The Morgan fingerprint density at radius 2 is 0.776 bits per heavy atom. The average Bonchev–Trinajstić information content (AvgIpc) is 3.22. The van der Waals surface area contributed by atoms with Gasteiger partial charge in [0.25, 0.3) is 0 Å². The third-order valence-electron chi connectivity index (χ3n) is 9.27. The summed E-state index contributed by atoms with van der Waals surface area (Å²) >= 11 is 0. The van der Waals surface area contributed by atoms with Crippen LogP contribution < -0.4 is 0 Å². The molecule has 5 nitrogen and oxygen atoms in total. The summed E-state index contributed by atoms with van der Waals surface area (Å²) in [6, 6.07) is 0. The first-order valence-electron chi connectivity index (χ1n) is 23.4. The van der Waals surface area contributed by atoms with Crippen molar-refractivity contribution in [1.82, 2.24) is 0 Å². The lowest BCUT2D eigenvalue weighted by Gasteiger charge is -2.18. The van der Waals surface area contributed by atoms with Crippen molar-refractivity contribution in [3.63, 3.8) is 0 Å². The number of hydrogen-bond acceptors (Lipinski definition) is 5. The minimum atomic E-state index is -0.584. The van der Waals surface area contributed by atoms with E-state index in [0.29, 0.717) is 19.4 Å². The van der Waals surface area contributed by atoms with E-state index in [4.69, 9.17) is 14.2 Å². The molecule has 0 heterocycles. The van der Waals surface area contributed by atoms with Crippen LogP contribution in [0.3, 0.4) is 0 Å². The van der Waals surface area contributed by atoms with Crippen LogP contribution >= 0.6 is 0 Å². The lowest BCUT2D eigenvalue weighted by molar-refractivity contribution is -0.163. The maximum atomic E-state index is 12.7. The van der Waals surface area contributed by atoms with Gasteiger partial charge in [0.2, 0.25) is 0 Å². The summed E-state index contributed by atoms with van der Waals surface area (Å²) in [6.07, 6.45) is 65.3. The van der Waals surface area contributed by atoms with Gasteiger partial charge < -0.3 is 14.2 Å². The number of rotatable bonds is 41. The van der Waals surface area contributed by atoms with E-state index < -0.39 is 6.10 Å². The van der Waals surface area contributed by atoms with Gasteiger partial charge in [-0.15, -0.1) is 0 Å². The zero-order chi connectivity index (χ0) is 42.1. The summed E-state index contributed by atoms with van der Waals surface area (Å²) in [5, 5.41) is 0. The number of ether oxygens (including phenoxy) is 3. The molecule has 0 saturated heterocycles. The Labute approximate surface area is 357 Å². The van der Waals surface area contributed by atoms with Crippen LogP contribution in [0.5, 0.6) is 0 Å². The van der Waals surface area contributed by atoms with Crippen molar-refractivity contribution in [2.24, 2.45) is 0 Å². The van der Waals surface area contributed by atoms with Crippen LogP contribution in [0.4, 0.5) is 0 Å². The van der Waals surface area contributed by atoms with Crippen molar-refractivity contribution in [2.45, 2.75) is 194 Å². The fourth-order valence-corrected chi connectivity index (χ4v) is 5.84. The molecule has 0 aromatic heterocycles. The minimum absolute atomic E-state index is 0.0407. The van der Waals surface area contributed by atoms with Crippen molar-refractivity contribution >= 4 is 11.9 Å². The van der Waals surface area contributed by atoms with Crippen LogP contribution in [0, 0.1) is 0 Å². The number of esters is 2. The lowest BCUT2D eigenvalue weighted by atomic mass is 10.1. The number of hydrogen-bond donors (Lipinski definition) is 0. The molecule has 0 rings (SSSR count). The molecule has 0 amide bonds. The third-order valence-corrected chi connectivity index (χ3v) is 9.27. The smallest absolute Gasteiger partial charge is 0.306 e. The van der Waals surface area contributed by atoms with Crippen LogP contribution in [-0.2, 0) is 23.8 Å². The molecule has 0 spiro atoms. The Kier molecular flexibility index (Phi) is 45.1. The fourth-order valence-electron chi connectivity index (χ4n) is 5.84. The van der Waals surface area contributed by atoms with Gasteiger partial charge >= 0.3 is 11.9 Å². The van der Waals surface area contributed by atoms with Gasteiger partial charge in [0.05, 0.1) is 6.61 Å². The molecular formula is C53H86O5. The molecule has 0 aromatic rings. The highest BCUT2D eigenvalue weighted by Gasteiger charge is 2.17. The second-order valence-electron chi connectivity index (χ2n) is 14.9. The SMILES string of the molecule is CC/C=C\C/C=C\C/C=C\C/C=C\CCCCCCC(=O)OCC(COCCC/C=C\C/C=C\C/C=C\C/C=C\CC)OC(=O)CCCCCCC/C=C\CCCC. The maximum Gasteiger partial charge on any atom is 0.306 e. The summed E-state index contributed by atoms with van der Waals surface area (Å²) in [7, 11) is 0. The highest BCUT2D eigenvalue weighted by Crippen LogP contribution is 2.11. The monoisotopic (exact) mass is 803 g/mol. The number of allylic oxidation sites excluding steroid dienone is 18. The molecule has 0 bridgehead atoms. The molecule has 0 radical (unpaired) electrons. The zero-order valence-electron chi connectivity index (χ0n) is 37.5. The summed E-state index contributed by atoms with van der Waals surface area (Å²) in [4.78, 5) is 25.3. The molecule has 58 heavy (non-hydrogen) atoms. The molecule has 0 aromatic carbocycles. The topological polar surface area (TPSA) is 61.8 Å². The van der Waals surface area contributed by atoms with Crippen molar-refractivity contribution in [3.05, 3.63) is 109 Å². The first-order valence-corrected chi connectivity index (χ1v) is 23.4. The number of carbonyl (C=O) groups is 2. The molecule has 1 atom stereocenters. The zero-order valence-corrected chi connectivity index (χ0v) is 37.5. The molecule has 0 N–H and O–H groups in total. The van der Waals surface area contributed by atoms with Gasteiger partial charge in [0.1, 0.15) is 6.61 Å². The van der Waals surface area contributed by atoms with Gasteiger partial charge in [-0.2, -0.15) is 0 Å². The van der Waals surface area contributed by atoms with E-state index in [2.05, 4.69) is 130 Å². The van der Waals surface area contributed by atoms with E-state index in [1.807, 2.05) is 0 Å². The number of carbonyl (C=O) groups excluding carboxylic acids is 2. The molecule has 5 heteroatoms. The van der Waals surface area contributed by atoms with Crippen LogP contribution in [-0.4, -0.2) is 37.9 Å². The summed E-state index contributed by atoms with van der Waals surface area (Å²) in [5.74, 6) is -0.476. The van der Waals surface area contributed by atoms with E-state index in [-0.39, 0.29) is 25.2 Å². The molecule has 0 aliphatic carbocycles. The molecule has 328 valence electrons. The lowest BCUT2D eigenvalue weighted by Crippen LogP contribution is -2.30. The minimum Gasteiger partial charge on any atom is -0.462 e. The van der Waals surface area contributed by atoms with Crippen LogP contribution in [0.15, 0.2) is 109 Å².